The van der Waals surface area contributed by atoms with Crippen LogP contribution in [0.2, 0.25) is 5.02 Å². The van der Waals surface area contributed by atoms with E-state index in [-0.39, 0.29) is 23.6 Å². The molecule has 1 amide bonds. The van der Waals surface area contributed by atoms with Gasteiger partial charge >= 0.3 is 5.97 Å². The zero-order valence-electron chi connectivity index (χ0n) is 14.2. The first-order chi connectivity index (χ1) is 11.9. The molecule has 2 aromatic rings. The van der Waals surface area contributed by atoms with Gasteiger partial charge in [-0.1, -0.05) is 29.8 Å². The molecule has 0 saturated heterocycles. The number of aromatic carboxylic acids is 1. The summed E-state index contributed by atoms with van der Waals surface area (Å²) in [5.41, 5.74) is 2.75. The molecule has 4 nitrogen and oxygen atoms in total. The van der Waals surface area contributed by atoms with Gasteiger partial charge in [0.05, 0.1) is 22.2 Å². The number of halogens is 1. The van der Waals surface area contributed by atoms with E-state index in [1.807, 2.05) is 24.8 Å². The molecule has 25 heavy (non-hydrogen) atoms. The molecule has 0 spiro atoms. The first-order valence-corrected chi connectivity index (χ1v) is 8.71. The molecular weight excluding hydrogens is 338 g/mol. The molecule has 0 radical (unpaired) electrons. The van der Waals surface area contributed by atoms with Gasteiger partial charge in [-0.2, -0.15) is 0 Å². The average Bonchev–Trinajstić information content (AvgIpc) is 2.98. The third kappa shape index (κ3) is 3.27. The van der Waals surface area contributed by atoms with E-state index < -0.39 is 5.97 Å². The number of fused-ring (bicyclic) bond motifs is 1. The number of nitrogens with zero attached hydrogens (tertiary/aromatic N) is 1. The zero-order valence-corrected chi connectivity index (χ0v) is 15.0. The number of benzene rings is 2. The van der Waals surface area contributed by atoms with Crippen molar-refractivity contribution in [1.29, 1.82) is 0 Å². The Bertz CT molecular complexity index is 831. The van der Waals surface area contributed by atoms with Gasteiger partial charge < -0.3 is 10.0 Å². The Hall–Kier alpha value is -2.33. The fourth-order valence-electron chi connectivity index (χ4n) is 3.51. The lowest BCUT2D eigenvalue weighted by Crippen LogP contribution is -2.39. The summed E-state index contributed by atoms with van der Waals surface area (Å²) in [6.07, 6.45) is 1.62. The van der Waals surface area contributed by atoms with Gasteiger partial charge in [0.15, 0.2) is 0 Å². The summed E-state index contributed by atoms with van der Waals surface area (Å²) < 4.78 is 0. The van der Waals surface area contributed by atoms with Gasteiger partial charge in [0.1, 0.15) is 0 Å². The first kappa shape index (κ1) is 17.5. The third-order valence-electron chi connectivity index (χ3n) is 4.67. The van der Waals surface area contributed by atoms with Gasteiger partial charge in [-0.05, 0) is 62.1 Å². The second kappa shape index (κ2) is 6.89. The van der Waals surface area contributed by atoms with Crippen molar-refractivity contribution >= 4 is 23.5 Å². The highest BCUT2D eigenvalue weighted by Gasteiger charge is 2.34. The Morgan fingerprint density at radius 3 is 2.56 bits per heavy atom. The fraction of sp³-hybridized carbons (Fsp3) is 0.300. The molecule has 0 aromatic heterocycles. The molecule has 5 heteroatoms. The summed E-state index contributed by atoms with van der Waals surface area (Å²) in [5.74, 6) is -1.08. The number of carbonyl (C=O) groups is 2. The van der Waals surface area contributed by atoms with E-state index in [0.717, 1.165) is 24.0 Å². The highest BCUT2D eigenvalue weighted by molar-refractivity contribution is 6.33. The lowest BCUT2D eigenvalue weighted by molar-refractivity contribution is 0.0606. The van der Waals surface area contributed by atoms with Crippen LogP contribution >= 0.6 is 11.6 Å². The lowest BCUT2D eigenvalue weighted by atomic mass is 10.0. The molecule has 2 aromatic carbocycles. The summed E-state index contributed by atoms with van der Waals surface area (Å²) in [6, 6.07) is 12.0. The van der Waals surface area contributed by atoms with Crippen molar-refractivity contribution < 1.29 is 14.7 Å². The molecule has 0 aliphatic heterocycles. The summed E-state index contributed by atoms with van der Waals surface area (Å²) >= 11 is 6.22. The highest BCUT2D eigenvalue weighted by Crippen LogP contribution is 2.38. The summed E-state index contributed by atoms with van der Waals surface area (Å²) in [6.45, 7) is 3.93. The molecule has 0 unspecified atom stereocenters. The van der Waals surface area contributed by atoms with Crippen LogP contribution < -0.4 is 0 Å². The van der Waals surface area contributed by atoms with Gasteiger partial charge in [-0.3, -0.25) is 4.79 Å². The molecule has 1 aliphatic carbocycles. The second-order valence-corrected chi connectivity index (χ2v) is 6.97. The SMILES string of the molecule is CC(C)N(C(=O)c1ccccc1Cl)[C@@H]1CCc2ccc(C(=O)O)cc21. The van der Waals surface area contributed by atoms with Gasteiger partial charge in [-0.15, -0.1) is 0 Å². The minimum Gasteiger partial charge on any atom is -0.478 e. The van der Waals surface area contributed by atoms with Crippen molar-refractivity contribution in [2.75, 3.05) is 0 Å². The molecule has 1 N–H and O–H groups in total. The van der Waals surface area contributed by atoms with Gasteiger partial charge in [0, 0.05) is 6.04 Å². The monoisotopic (exact) mass is 357 g/mol. The second-order valence-electron chi connectivity index (χ2n) is 6.56. The van der Waals surface area contributed by atoms with E-state index in [1.165, 1.54) is 0 Å². The summed E-state index contributed by atoms with van der Waals surface area (Å²) in [7, 11) is 0. The lowest BCUT2D eigenvalue weighted by Gasteiger charge is -2.34. The average molecular weight is 358 g/mol. The van der Waals surface area contributed by atoms with E-state index in [2.05, 4.69) is 0 Å². The number of carboxylic acids is 1. The Morgan fingerprint density at radius 2 is 1.92 bits per heavy atom. The largest absolute Gasteiger partial charge is 0.478 e. The van der Waals surface area contributed by atoms with E-state index in [4.69, 9.17) is 11.6 Å². The Balaban J connectivity index is 2.02. The zero-order chi connectivity index (χ0) is 18.1. The molecule has 0 bridgehead atoms. The minimum absolute atomic E-state index is 0.0341. The van der Waals surface area contributed by atoms with Gasteiger partial charge in [-0.25, -0.2) is 4.79 Å². The van der Waals surface area contributed by atoms with Crippen molar-refractivity contribution in [3.8, 4) is 0 Å². The van der Waals surface area contributed by atoms with Crippen LogP contribution in [0.5, 0.6) is 0 Å². The maximum atomic E-state index is 13.1. The van der Waals surface area contributed by atoms with Crippen molar-refractivity contribution in [3.63, 3.8) is 0 Å². The van der Waals surface area contributed by atoms with Gasteiger partial charge in [0.25, 0.3) is 5.91 Å². The molecule has 0 heterocycles. The third-order valence-corrected chi connectivity index (χ3v) is 5.00. The molecule has 0 fully saturated rings. The highest BCUT2D eigenvalue weighted by atomic mass is 35.5. The van der Waals surface area contributed by atoms with E-state index >= 15 is 0 Å². The van der Waals surface area contributed by atoms with E-state index in [0.29, 0.717) is 10.6 Å². The molecule has 0 saturated carbocycles. The molecule has 1 aliphatic rings. The van der Waals surface area contributed by atoms with Crippen LogP contribution in [0, 0.1) is 0 Å². The number of rotatable bonds is 4. The van der Waals surface area contributed by atoms with Crippen LogP contribution in [-0.2, 0) is 6.42 Å². The maximum Gasteiger partial charge on any atom is 0.335 e. The predicted octanol–water partition coefficient (Wildman–Crippen LogP) is 4.58. The van der Waals surface area contributed by atoms with Crippen molar-refractivity contribution in [3.05, 3.63) is 69.7 Å². The number of hydrogen-bond donors (Lipinski definition) is 1. The number of carboxylic acid groups (broad SMARTS) is 1. The van der Waals surface area contributed by atoms with E-state index in [1.54, 1.807) is 36.4 Å². The van der Waals surface area contributed by atoms with Crippen LogP contribution in [-0.4, -0.2) is 27.9 Å². The standard InChI is InChI=1S/C20H20ClNO3/c1-12(2)22(19(23)15-5-3-4-6-17(15)21)18-10-9-13-7-8-14(20(24)25)11-16(13)18/h3-8,11-12,18H,9-10H2,1-2H3,(H,24,25)/t18-/m1/s1. The molecule has 1 atom stereocenters. The summed E-state index contributed by atoms with van der Waals surface area (Å²) in [5, 5.41) is 9.70. The normalized spacial score (nSPS) is 15.9. The van der Waals surface area contributed by atoms with Crippen molar-refractivity contribution in [1.82, 2.24) is 4.90 Å². The Morgan fingerprint density at radius 1 is 1.20 bits per heavy atom. The number of hydrogen-bond acceptors (Lipinski definition) is 2. The van der Waals surface area contributed by atoms with Crippen LogP contribution in [0.3, 0.4) is 0 Å². The van der Waals surface area contributed by atoms with Crippen molar-refractivity contribution in [2.45, 2.75) is 38.8 Å². The van der Waals surface area contributed by atoms with Crippen LogP contribution in [0.1, 0.15) is 58.2 Å². The minimum atomic E-state index is -0.957. The maximum absolute atomic E-state index is 13.1. The smallest absolute Gasteiger partial charge is 0.335 e. The quantitative estimate of drug-likeness (QED) is 0.871. The van der Waals surface area contributed by atoms with Crippen LogP contribution in [0.4, 0.5) is 0 Å². The summed E-state index contributed by atoms with van der Waals surface area (Å²) in [4.78, 5) is 26.3. The Labute approximate surface area is 152 Å². The van der Waals surface area contributed by atoms with Gasteiger partial charge in [0.2, 0.25) is 0 Å². The van der Waals surface area contributed by atoms with Crippen molar-refractivity contribution in [2.24, 2.45) is 0 Å². The first-order valence-electron chi connectivity index (χ1n) is 8.33. The number of amides is 1. The fourth-order valence-corrected chi connectivity index (χ4v) is 3.73. The van der Waals surface area contributed by atoms with E-state index in [9.17, 15) is 14.7 Å². The van der Waals surface area contributed by atoms with Crippen LogP contribution in [0.15, 0.2) is 42.5 Å². The predicted molar refractivity (Wildman–Crippen MR) is 97.2 cm³/mol. The Kier molecular flexibility index (Phi) is 4.82. The molecule has 3 rings (SSSR count). The topological polar surface area (TPSA) is 57.6 Å². The molecular formula is C20H20ClNO3. The number of aryl methyl sites for hydroxylation is 1. The number of carbonyl (C=O) groups excluding carboxylic acids is 1. The van der Waals surface area contributed by atoms with Crippen LogP contribution in [0.25, 0.3) is 0 Å². The molecule has 130 valence electrons.